The minimum absolute atomic E-state index is 0.241. The summed E-state index contributed by atoms with van der Waals surface area (Å²) in [4.78, 5) is 56.6. The number of fused-ring (bicyclic) bond motifs is 4. The number of esters is 1. The first-order valence-corrected chi connectivity index (χ1v) is 14.6. The Hall–Kier alpha value is -3.83. The van der Waals surface area contributed by atoms with Crippen LogP contribution >= 0.6 is 0 Å². The van der Waals surface area contributed by atoms with Crippen molar-refractivity contribution in [2.24, 2.45) is 5.92 Å². The Labute approximate surface area is 246 Å². The highest BCUT2D eigenvalue weighted by atomic mass is 16.6. The molecule has 0 saturated carbocycles. The number of aromatic nitrogens is 1. The smallest absolute Gasteiger partial charge is 0.332 e. The Morgan fingerprint density at radius 3 is 2.52 bits per heavy atom. The van der Waals surface area contributed by atoms with Gasteiger partial charge in [-0.3, -0.25) is 24.4 Å². The highest BCUT2D eigenvalue weighted by Gasteiger charge is 2.33. The van der Waals surface area contributed by atoms with Gasteiger partial charge in [-0.05, 0) is 63.1 Å². The van der Waals surface area contributed by atoms with Crippen molar-refractivity contribution in [1.82, 2.24) is 26.1 Å². The van der Waals surface area contributed by atoms with Crippen LogP contribution < -0.4 is 16.1 Å². The Morgan fingerprint density at radius 1 is 0.976 bits per heavy atom. The maximum atomic E-state index is 13.2. The van der Waals surface area contributed by atoms with E-state index >= 15 is 0 Å². The number of hydrazine groups is 1. The van der Waals surface area contributed by atoms with E-state index < -0.39 is 36.0 Å². The molecule has 4 atom stereocenters. The molecule has 0 spiro atoms. The molecule has 1 fully saturated rings. The van der Waals surface area contributed by atoms with E-state index in [0.29, 0.717) is 32.4 Å². The van der Waals surface area contributed by atoms with Gasteiger partial charge >= 0.3 is 5.97 Å². The average molecular weight is 580 g/mol. The first-order chi connectivity index (χ1) is 20.1. The molecule has 4 rings (SSSR count). The van der Waals surface area contributed by atoms with E-state index in [9.17, 15) is 19.2 Å². The van der Waals surface area contributed by atoms with Crippen LogP contribution in [0.2, 0.25) is 0 Å². The average Bonchev–Trinajstić information content (AvgIpc) is 2.97. The summed E-state index contributed by atoms with van der Waals surface area (Å²) in [7, 11) is 0. The van der Waals surface area contributed by atoms with Crippen LogP contribution in [0.25, 0.3) is 17.0 Å². The Bertz CT molecular complexity index is 1330. The number of hydrogen-bond acceptors (Lipinski definition) is 8. The highest BCUT2D eigenvalue weighted by Crippen LogP contribution is 2.20. The topological polar surface area (TPSA) is 139 Å². The van der Waals surface area contributed by atoms with Crippen molar-refractivity contribution in [2.75, 3.05) is 19.8 Å². The predicted octanol–water partition coefficient (Wildman–Crippen LogP) is 2.80. The molecular formula is C31H41N5O6. The van der Waals surface area contributed by atoms with Crippen molar-refractivity contribution in [3.63, 3.8) is 0 Å². The molecule has 42 heavy (non-hydrogen) atoms. The maximum Gasteiger partial charge on any atom is 0.332 e. The van der Waals surface area contributed by atoms with Crippen molar-refractivity contribution in [3.05, 3.63) is 47.7 Å². The van der Waals surface area contributed by atoms with Crippen LogP contribution in [0.1, 0.15) is 70.7 Å². The van der Waals surface area contributed by atoms with Gasteiger partial charge in [-0.25, -0.2) is 10.2 Å². The molecule has 2 aromatic rings. The molecule has 3 N–H and O–H groups in total. The Morgan fingerprint density at radius 2 is 1.74 bits per heavy atom. The van der Waals surface area contributed by atoms with Crippen LogP contribution in [0.4, 0.5) is 0 Å². The van der Waals surface area contributed by atoms with Crippen LogP contribution in [0.3, 0.4) is 0 Å². The number of pyridine rings is 1. The van der Waals surface area contributed by atoms with Gasteiger partial charge in [-0.15, -0.1) is 0 Å². The van der Waals surface area contributed by atoms with Crippen molar-refractivity contribution < 1.29 is 28.7 Å². The van der Waals surface area contributed by atoms with Crippen molar-refractivity contribution in [2.45, 2.75) is 77.6 Å². The minimum atomic E-state index is -1.08. The van der Waals surface area contributed by atoms with Crippen LogP contribution in [0.5, 0.6) is 0 Å². The second-order valence-corrected chi connectivity index (χ2v) is 11.2. The van der Waals surface area contributed by atoms with Crippen LogP contribution in [0.15, 0.2) is 36.4 Å². The quantitative estimate of drug-likeness (QED) is 0.439. The van der Waals surface area contributed by atoms with E-state index in [2.05, 4.69) is 16.1 Å². The zero-order valence-electron chi connectivity index (χ0n) is 24.7. The molecule has 11 nitrogen and oxygen atoms in total. The monoisotopic (exact) mass is 579 g/mol. The molecule has 0 unspecified atom stereocenters. The lowest BCUT2D eigenvalue weighted by Gasteiger charge is -2.35. The molecule has 1 aromatic carbocycles. The van der Waals surface area contributed by atoms with E-state index in [1.807, 2.05) is 49.4 Å². The fourth-order valence-corrected chi connectivity index (χ4v) is 4.95. The van der Waals surface area contributed by atoms with Crippen molar-refractivity contribution in [1.29, 1.82) is 0 Å². The fourth-order valence-electron chi connectivity index (χ4n) is 4.95. The molecule has 3 amide bonds. The second kappa shape index (κ2) is 14.4. The molecule has 5 bridgehead atoms. The van der Waals surface area contributed by atoms with Gasteiger partial charge in [-0.2, -0.15) is 0 Å². The summed E-state index contributed by atoms with van der Waals surface area (Å²) in [6.07, 6.45) is 5.60. The van der Waals surface area contributed by atoms with E-state index in [-0.39, 0.29) is 24.5 Å². The van der Waals surface area contributed by atoms with Crippen molar-refractivity contribution >= 4 is 40.7 Å². The molecule has 1 aromatic heterocycles. The molecule has 1 saturated heterocycles. The number of rotatable bonds is 1. The van der Waals surface area contributed by atoms with E-state index in [4.69, 9.17) is 14.5 Å². The first kappa shape index (κ1) is 31.1. The lowest BCUT2D eigenvalue weighted by molar-refractivity contribution is -0.163. The third kappa shape index (κ3) is 8.13. The number of carbonyl (C=O) groups excluding carboxylic acids is 4. The maximum absolute atomic E-state index is 13.2. The largest absolute Gasteiger partial charge is 0.450 e. The zero-order chi connectivity index (χ0) is 30.2. The summed E-state index contributed by atoms with van der Waals surface area (Å²) < 4.78 is 10.9. The lowest BCUT2D eigenvalue weighted by Crippen LogP contribution is -2.61. The normalized spacial score (nSPS) is 26.4. The third-order valence-corrected chi connectivity index (χ3v) is 7.35. The first-order valence-electron chi connectivity index (χ1n) is 14.6. The molecule has 226 valence electrons. The van der Waals surface area contributed by atoms with Gasteiger partial charge in [-0.1, -0.05) is 44.2 Å². The van der Waals surface area contributed by atoms with Gasteiger partial charge in [0.05, 0.1) is 17.3 Å². The summed E-state index contributed by atoms with van der Waals surface area (Å²) in [6.45, 7) is 7.44. The summed E-state index contributed by atoms with van der Waals surface area (Å²) in [5.74, 6) is -2.16. The zero-order valence-corrected chi connectivity index (χ0v) is 24.7. The number of ether oxygens (including phenoxy) is 2. The predicted molar refractivity (Wildman–Crippen MR) is 158 cm³/mol. The molecule has 2 aliphatic heterocycles. The number of amides is 3. The lowest BCUT2D eigenvalue weighted by atomic mass is 10.1. The van der Waals surface area contributed by atoms with Crippen LogP contribution in [0, 0.1) is 5.92 Å². The van der Waals surface area contributed by atoms with Gasteiger partial charge in [0.2, 0.25) is 5.91 Å². The highest BCUT2D eigenvalue weighted by molar-refractivity contribution is 5.91. The SMILES string of the molecule is CC(C)[C@@H]1OC(=O)COCCC/C=C/c2ccc3ccc(nc3c2)[C@@H](C)NC(=O)[C@@H]2CCCN(N2)C(=O)[C@H](C)NC1=O. The Balaban J connectivity index is 1.53. The summed E-state index contributed by atoms with van der Waals surface area (Å²) in [5.41, 5.74) is 5.58. The standard InChI is InChI=1S/C31H41N5O6/c1-19(2)28-30(39)33-21(4)31(40)36-15-8-10-25(35-36)29(38)32-20(3)24-14-13-23-12-11-22(17-26(23)34-24)9-6-5-7-16-41-18-27(37)42-28/h6,9,11-14,17,19-21,25,28,35H,5,7-8,10,15-16,18H2,1-4H3,(H,32,38)(H,33,39)/b9-6+/t20-,21+,25+,28+/m1/s1. The number of cyclic esters (lactones) is 1. The number of allylic oxidation sites excluding steroid dienone is 1. The van der Waals surface area contributed by atoms with Gasteiger partial charge in [0.25, 0.3) is 11.8 Å². The van der Waals surface area contributed by atoms with Gasteiger partial charge in [0, 0.05) is 18.5 Å². The minimum Gasteiger partial charge on any atom is -0.450 e. The second-order valence-electron chi connectivity index (χ2n) is 11.2. The molecule has 2 aliphatic rings. The number of nitrogens with zero attached hydrogens (tertiary/aromatic N) is 2. The summed E-state index contributed by atoms with van der Waals surface area (Å²) in [6, 6.07) is 8.06. The van der Waals surface area contributed by atoms with Gasteiger partial charge in [0.15, 0.2) is 6.10 Å². The number of hydrogen-bond donors (Lipinski definition) is 3. The van der Waals surface area contributed by atoms with Crippen molar-refractivity contribution in [3.8, 4) is 0 Å². The van der Waals surface area contributed by atoms with Crippen LogP contribution in [-0.4, -0.2) is 71.6 Å². The molecule has 11 heteroatoms. The number of benzene rings is 1. The molecule has 0 aliphatic carbocycles. The van der Waals surface area contributed by atoms with Gasteiger partial charge in [0.1, 0.15) is 18.7 Å². The molecule has 0 radical (unpaired) electrons. The molecular weight excluding hydrogens is 538 g/mol. The summed E-state index contributed by atoms with van der Waals surface area (Å²) in [5, 5.41) is 8.05. The molecule has 3 heterocycles. The van der Waals surface area contributed by atoms with E-state index in [0.717, 1.165) is 28.6 Å². The van der Waals surface area contributed by atoms with Gasteiger partial charge < -0.3 is 20.1 Å². The third-order valence-electron chi connectivity index (χ3n) is 7.35. The van der Waals surface area contributed by atoms with Crippen LogP contribution in [-0.2, 0) is 28.7 Å². The van der Waals surface area contributed by atoms with E-state index in [1.54, 1.807) is 20.8 Å². The van der Waals surface area contributed by atoms with E-state index in [1.165, 1.54) is 5.01 Å². The summed E-state index contributed by atoms with van der Waals surface area (Å²) >= 11 is 0. The number of carbonyl (C=O) groups is 4. The fraction of sp³-hybridized carbons (Fsp3) is 0.516. The number of nitrogens with one attached hydrogen (secondary N) is 3. The Kier molecular flexibility index (Phi) is 10.6.